The predicted octanol–water partition coefficient (Wildman–Crippen LogP) is 4.93. The van der Waals surface area contributed by atoms with Gasteiger partial charge in [0.1, 0.15) is 0 Å². The fraction of sp³-hybridized carbons (Fsp3) is 0.458. The van der Waals surface area contributed by atoms with E-state index in [9.17, 15) is 0 Å². The number of nitrogens with one attached hydrogen (secondary N) is 1. The van der Waals surface area contributed by atoms with Crippen molar-refractivity contribution in [3.05, 3.63) is 61.1 Å². The molecule has 0 amide bonds. The van der Waals surface area contributed by atoms with Crippen LogP contribution in [0.1, 0.15) is 58.2 Å². The van der Waals surface area contributed by atoms with Gasteiger partial charge in [-0.25, -0.2) is 5.10 Å². The van der Waals surface area contributed by atoms with Crippen LogP contribution in [-0.2, 0) is 0 Å². The average molecular weight is 422 g/mol. The maximum Gasteiger partial charge on any atom is 0.180 e. The van der Waals surface area contributed by atoms with Gasteiger partial charge >= 0.3 is 0 Å². The third kappa shape index (κ3) is 7.27. The zero-order chi connectivity index (χ0) is 22.6. The molecule has 0 aliphatic carbocycles. The fourth-order valence-electron chi connectivity index (χ4n) is 3.40. The maximum atomic E-state index is 4.98. The minimum atomic E-state index is 0.397. The molecule has 1 atom stereocenters. The number of amidine groups is 1. The van der Waals surface area contributed by atoms with Gasteiger partial charge in [0.2, 0.25) is 0 Å². The summed E-state index contributed by atoms with van der Waals surface area (Å²) < 4.78 is 0. The summed E-state index contributed by atoms with van der Waals surface area (Å²) in [5.41, 5.74) is 2.74. The second kappa shape index (κ2) is 12.6. The summed E-state index contributed by atoms with van der Waals surface area (Å²) in [7, 11) is 0. The first kappa shape index (κ1) is 24.2. The van der Waals surface area contributed by atoms with E-state index in [0.29, 0.717) is 28.7 Å². The van der Waals surface area contributed by atoms with Gasteiger partial charge in [-0.2, -0.15) is 0 Å². The molecule has 2 heterocycles. The highest BCUT2D eigenvalue weighted by molar-refractivity contribution is 5.87. The Bertz CT molecular complexity index is 858. The number of unbranched alkanes of at least 4 members (excludes halogenated alkanes) is 2. The minimum Gasteiger partial charge on any atom is -0.354 e. The zero-order valence-corrected chi connectivity index (χ0v) is 19.0. The van der Waals surface area contributed by atoms with Crippen LogP contribution in [0.25, 0.3) is 5.57 Å². The Morgan fingerprint density at radius 2 is 2.00 bits per heavy atom. The molecule has 0 saturated carbocycles. The number of rotatable bonds is 14. The second-order valence-electron chi connectivity index (χ2n) is 7.73. The van der Waals surface area contributed by atoms with Gasteiger partial charge in [-0.3, -0.25) is 9.98 Å². The number of allylic oxidation sites excluding steroid dienone is 3. The van der Waals surface area contributed by atoms with E-state index in [-0.39, 0.29) is 0 Å². The topological polar surface area (TPSA) is 82.4 Å². The van der Waals surface area contributed by atoms with E-state index in [1.807, 2.05) is 0 Å². The Morgan fingerprint density at radius 1 is 1.23 bits per heavy atom. The van der Waals surface area contributed by atoms with Crippen molar-refractivity contribution in [2.75, 3.05) is 13.1 Å². The lowest BCUT2D eigenvalue weighted by Crippen LogP contribution is -2.31. The average Bonchev–Trinajstić information content (AvgIpc) is 3.42. The van der Waals surface area contributed by atoms with Crippen molar-refractivity contribution < 1.29 is 0 Å². The van der Waals surface area contributed by atoms with Crippen LogP contribution < -0.4 is 0 Å². The summed E-state index contributed by atoms with van der Waals surface area (Å²) >= 11 is 0. The van der Waals surface area contributed by atoms with Crippen LogP contribution in [0.4, 0.5) is 0 Å². The lowest BCUT2D eigenvalue weighted by molar-refractivity contribution is 0.434. The summed E-state index contributed by atoms with van der Waals surface area (Å²) in [4.78, 5) is 11.8. The number of hydrogen-bond donors (Lipinski definition) is 1. The minimum absolute atomic E-state index is 0.397. The first-order valence-electron chi connectivity index (χ1n) is 11.0. The summed E-state index contributed by atoms with van der Waals surface area (Å²) in [5, 5.41) is 13.9. The lowest BCUT2D eigenvalue weighted by Gasteiger charge is -2.21. The second-order valence-corrected chi connectivity index (χ2v) is 7.73. The molecule has 166 valence electrons. The van der Waals surface area contributed by atoms with E-state index in [0.717, 1.165) is 44.3 Å². The standard InChI is InChI=1S/C24H35N7/c1-7-10-13-21-17-31(23(26-21)14-11-8-2)16-18(4)15-25-20(6)19(5)22(12-9-3)24-27-29-30-28-24/h9,12,15,21H,3-8,10-11,13-14,16-17H2,1-2H3,(H,27,28,29,30)/b22-12+,25-15-. The van der Waals surface area contributed by atoms with Crippen molar-refractivity contribution in [2.45, 2.75) is 58.4 Å². The van der Waals surface area contributed by atoms with Crippen LogP contribution in [0.2, 0.25) is 0 Å². The Morgan fingerprint density at radius 3 is 2.65 bits per heavy atom. The summed E-state index contributed by atoms with van der Waals surface area (Å²) in [6, 6.07) is 0.397. The quantitative estimate of drug-likeness (QED) is 0.341. The first-order valence-corrected chi connectivity index (χ1v) is 11.0. The number of H-pyrrole nitrogens is 1. The van der Waals surface area contributed by atoms with Crippen molar-refractivity contribution >= 4 is 17.6 Å². The molecule has 0 aromatic carbocycles. The van der Waals surface area contributed by atoms with E-state index in [1.54, 1.807) is 18.4 Å². The molecular formula is C24H35N7. The largest absolute Gasteiger partial charge is 0.354 e. The summed E-state index contributed by atoms with van der Waals surface area (Å²) in [6.07, 6.45) is 12.1. The van der Waals surface area contributed by atoms with Crippen molar-refractivity contribution in [3.8, 4) is 0 Å². The molecule has 7 heteroatoms. The van der Waals surface area contributed by atoms with E-state index < -0.39 is 0 Å². The highest BCUT2D eigenvalue weighted by atomic mass is 15.5. The summed E-state index contributed by atoms with van der Waals surface area (Å²) in [5.74, 6) is 1.70. The molecule has 1 aromatic heterocycles. The van der Waals surface area contributed by atoms with Crippen LogP contribution in [0.15, 0.2) is 65.3 Å². The number of hydrogen-bond acceptors (Lipinski definition) is 6. The molecule has 1 aliphatic heterocycles. The first-order chi connectivity index (χ1) is 15.0. The molecule has 31 heavy (non-hydrogen) atoms. The van der Waals surface area contributed by atoms with Crippen LogP contribution >= 0.6 is 0 Å². The SMILES string of the molecule is C=C/C=C(\C(=C)C(=C)/N=C\C(=C)CN1CC(CCCC)N=C1CCCC)c1nnn[nH]1. The fourth-order valence-corrected chi connectivity index (χ4v) is 3.40. The predicted molar refractivity (Wildman–Crippen MR) is 130 cm³/mol. The van der Waals surface area contributed by atoms with Crippen LogP contribution in [-0.4, -0.2) is 56.7 Å². The van der Waals surface area contributed by atoms with Gasteiger partial charge in [0, 0.05) is 36.9 Å². The van der Waals surface area contributed by atoms with Crippen LogP contribution in [0.3, 0.4) is 0 Å². The Kier molecular flexibility index (Phi) is 9.81. The van der Waals surface area contributed by atoms with Crippen molar-refractivity contribution in [1.82, 2.24) is 25.5 Å². The molecule has 0 fully saturated rings. The van der Waals surface area contributed by atoms with Gasteiger partial charge in [-0.1, -0.05) is 71.6 Å². The van der Waals surface area contributed by atoms with Crippen LogP contribution in [0.5, 0.6) is 0 Å². The van der Waals surface area contributed by atoms with Crippen LogP contribution in [0, 0.1) is 0 Å². The highest BCUT2D eigenvalue weighted by Gasteiger charge is 2.24. The molecule has 1 N–H and O–H groups in total. The van der Waals surface area contributed by atoms with E-state index in [2.05, 4.69) is 70.7 Å². The van der Waals surface area contributed by atoms with E-state index >= 15 is 0 Å². The molecule has 7 nitrogen and oxygen atoms in total. The van der Waals surface area contributed by atoms with Crippen molar-refractivity contribution in [3.63, 3.8) is 0 Å². The molecule has 1 unspecified atom stereocenters. The van der Waals surface area contributed by atoms with Crippen molar-refractivity contribution in [2.24, 2.45) is 9.98 Å². The Labute approximate surface area is 186 Å². The normalized spacial score (nSPS) is 16.6. The number of aromatic amines is 1. The number of aromatic nitrogens is 4. The van der Waals surface area contributed by atoms with Gasteiger partial charge in [-0.15, -0.1) is 5.10 Å². The molecule has 0 saturated heterocycles. The Hall–Kier alpha value is -3.09. The third-order valence-corrected chi connectivity index (χ3v) is 5.13. The third-order valence-electron chi connectivity index (χ3n) is 5.13. The van der Waals surface area contributed by atoms with Gasteiger partial charge in [0.25, 0.3) is 0 Å². The summed E-state index contributed by atoms with van der Waals surface area (Å²) in [6.45, 7) is 22.2. The monoisotopic (exact) mass is 421 g/mol. The molecule has 1 aliphatic rings. The lowest BCUT2D eigenvalue weighted by atomic mass is 10.0. The molecule has 1 aromatic rings. The number of nitrogens with zero attached hydrogens (tertiary/aromatic N) is 6. The Balaban J connectivity index is 1.99. The van der Waals surface area contributed by atoms with E-state index in [1.165, 1.54) is 18.7 Å². The highest BCUT2D eigenvalue weighted by Crippen LogP contribution is 2.24. The molecule has 0 bridgehead atoms. The molecule has 0 radical (unpaired) electrons. The molecule has 2 rings (SSSR count). The zero-order valence-electron chi connectivity index (χ0n) is 19.0. The van der Waals surface area contributed by atoms with Gasteiger partial charge in [0.15, 0.2) is 5.82 Å². The molecule has 0 spiro atoms. The maximum absolute atomic E-state index is 4.98. The van der Waals surface area contributed by atoms with Crippen molar-refractivity contribution in [1.29, 1.82) is 0 Å². The smallest absolute Gasteiger partial charge is 0.180 e. The molecular weight excluding hydrogens is 386 g/mol. The van der Waals surface area contributed by atoms with Gasteiger partial charge in [-0.05, 0) is 28.8 Å². The number of tetrazole rings is 1. The van der Waals surface area contributed by atoms with Gasteiger partial charge < -0.3 is 4.90 Å². The van der Waals surface area contributed by atoms with Gasteiger partial charge in [0.05, 0.1) is 17.6 Å². The number of aliphatic imine (C=N–C) groups is 2. The van der Waals surface area contributed by atoms with E-state index in [4.69, 9.17) is 4.99 Å².